The maximum Gasteiger partial charge on any atom is 0.224 e. The van der Waals surface area contributed by atoms with Gasteiger partial charge < -0.3 is 15.0 Å². The second kappa shape index (κ2) is 6.87. The van der Waals surface area contributed by atoms with Crippen LogP contribution < -0.4 is 5.32 Å². The molecule has 6 nitrogen and oxygen atoms in total. The van der Waals surface area contributed by atoms with E-state index < -0.39 is 9.84 Å². The predicted octanol–water partition coefficient (Wildman–Crippen LogP) is -0.209. The first kappa shape index (κ1) is 15.7. The van der Waals surface area contributed by atoms with E-state index in [1.54, 1.807) is 0 Å². The number of carbonyl (C=O) groups is 1. The molecule has 1 N–H and O–H groups in total. The van der Waals surface area contributed by atoms with Gasteiger partial charge in [-0.05, 0) is 12.8 Å². The zero-order chi connectivity index (χ0) is 14.6. The molecule has 0 radical (unpaired) electrons. The van der Waals surface area contributed by atoms with Gasteiger partial charge in [0.2, 0.25) is 5.91 Å². The van der Waals surface area contributed by atoms with Crippen LogP contribution in [0.4, 0.5) is 0 Å². The maximum atomic E-state index is 12.0. The lowest BCUT2D eigenvalue weighted by atomic mass is 10.2. The number of carbonyl (C=O) groups excluding carboxylic acids is 1. The van der Waals surface area contributed by atoms with Crippen LogP contribution in [0.5, 0.6) is 0 Å². The molecule has 0 aromatic heterocycles. The molecular formula is C13H24N2O4S. The summed E-state index contributed by atoms with van der Waals surface area (Å²) in [4.78, 5) is 13.8. The minimum Gasteiger partial charge on any atom is -0.378 e. The molecule has 0 bridgehead atoms. The molecule has 0 spiro atoms. The minimum atomic E-state index is -3.00. The van der Waals surface area contributed by atoms with Gasteiger partial charge in [0.05, 0.1) is 18.5 Å². The van der Waals surface area contributed by atoms with Crippen LogP contribution in [-0.2, 0) is 19.4 Å². The molecule has 0 aromatic carbocycles. The summed E-state index contributed by atoms with van der Waals surface area (Å²) < 4.78 is 28.5. The molecule has 2 fully saturated rings. The van der Waals surface area contributed by atoms with Gasteiger partial charge in [-0.25, -0.2) is 8.42 Å². The molecule has 1 heterocycles. The molecule has 1 aliphatic heterocycles. The van der Waals surface area contributed by atoms with Crippen LogP contribution in [-0.4, -0.2) is 69.6 Å². The summed E-state index contributed by atoms with van der Waals surface area (Å²) in [5, 5.41) is 2.96. The van der Waals surface area contributed by atoms with E-state index in [-0.39, 0.29) is 17.2 Å². The van der Waals surface area contributed by atoms with Gasteiger partial charge in [-0.15, -0.1) is 0 Å². The van der Waals surface area contributed by atoms with Gasteiger partial charge in [0.1, 0.15) is 0 Å². The standard InChI is InChI=1S/C13H24N2O4S/c1-20(17,18)12-4-2-3-11(12)14-6-5-13(16)15-7-9-19-10-8-15/h11-12,14H,2-10H2,1H3. The molecule has 0 aromatic rings. The van der Waals surface area contributed by atoms with Gasteiger partial charge in [-0.2, -0.15) is 0 Å². The van der Waals surface area contributed by atoms with E-state index in [0.29, 0.717) is 39.3 Å². The van der Waals surface area contributed by atoms with Crippen LogP contribution in [0.2, 0.25) is 0 Å². The van der Waals surface area contributed by atoms with Crippen LogP contribution in [0.25, 0.3) is 0 Å². The quantitative estimate of drug-likeness (QED) is 0.761. The molecule has 1 aliphatic carbocycles. The highest BCUT2D eigenvalue weighted by Gasteiger charge is 2.34. The first-order valence-corrected chi connectivity index (χ1v) is 9.22. The largest absolute Gasteiger partial charge is 0.378 e. The second-order valence-corrected chi connectivity index (χ2v) is 7.87. The van der Waals surface area contributed by atoms with E-state index in [4.69, 9.17) is 4.74 Å². The monoisotopic (exact) mass is 304 g/mol. The molecule has 2 unspecified atom stereocenters. The van der Waals surface area contributed by atoms with E-state index in [9.17, 15) is 13.2 Å². The molecule has 116 valence electrons. The Balaban J connectivity index is 1.73. The van der Waals surface area contributed by atoms with Crippen molar-refractivity contribution in [2.24, 2.45) is 0 Å². The topological polar surface area (TPSA) is 75.7 Å². The van der Waals surface area contributed by atoms with Gasteiger partial charge >= 0.3 is 0 Å². The highest BCUT2D eigenvalue weighted by Crippen LogP contribution is 2.24. The Kier molecular flexibility index (Phi) is 5.40. The summed E-state index contributed by atoms with van der Waals surface area (Å²) in [7, 11) is -3.00. The van der Waals surface area contributed by atoms with Crippen LogP contribution in [0.3, 0.4) is 0 Å². The van der Waals surface area contributed by atoms with Crippen LogP contribution in [0, 0.1) is 0 Å². The molecule has 1 saturated carbocycles. The third-order valence-electron chi connectivity index (χ3n) is 4.11. The molecule has 7 heteroatoms. The Hall–Kier alpha value is -0.660. The molecule has 2 aliphatic rings. The van der Waals surface area contributed by atoms with E-state index in [1.807, 2.05) is 4.90 Å². The highest BCUT2D eigenvalue weighted by molar-refractivity contribution is 7.91. The second-order valence-electron chi connectivity index (χ2n) is 5.60. The summed E-state index contributed by atoms with van der Waals surface area (Å²) in [6, 6.07) is 0.00230. The number of amides is 1. The normalized spacial score (nSPS) is 27.8. The number of rotatable bonds is 5. The summed E-state index contributed by atoms with van der Waals surface area (Å²) in [6.45, 7) is 3.09. The molecule has 2 rings (SSSR count). The zero-order valence-electron chi connectivity index (χ0n) is 12.0. The average molecular weight is 304 g/mol. The Bertz CT molecular complexity index is 432. The molecule has 1 saturated heterocycles. The third kappa shape index (κ3) is 4.17. The fourth-order valence-electron chi connectivity index (χ4n) is 3.01. The Labute approximate surface area is 120 Å². The minimum absolute atomic E-state index is 0.00230. The summed E-state index contributed by atoms with van der Waals surface area (Å²) in [5.41, 5.74) is 0. The molecule has 1 amide bonds. The Morgan fingerprint density at radius 1 is 1.30 bits per heavy atom. The molecule has 20 heavy (non-hydrogen) atoms. The fourth-order valence-corrected chi connectivity index (χ4v) is 4.43. The van der Waals surface area contributed by atoms with Crippen LogP contribution in [0.1, 0.15) is 25.7 Å². The number of ether oxygens (including phenoxy) is 1. The predicted molar refractivity (Wildman–Crippen MR) is 76.3 cm³/mol. The van der Waals surface area contributed by atoms with Crippen molar-refractivity contribution in [3.63, 3.8) is 0 Å². The number of nitrogens with zero attached hydrogens (tertiary/aromatic N) is 1. The molecule has 2 atom stereocenters. The van der Waals surface area contributed by atoms with Gasteiger partial charge in [-0.3, -0.25) is 4.79 Å². The lowest BCUT2D eigenvalue weighted by Gasteiger charge is -2.27. The number of nitrogens with one attached hydrogen (secondary N) is 1. The summed E-state index contributed by atoms with van der Waals surface area (Å²) in [6.07, 6.45) is 4.27. The lowest BCUT2D eigenvalue weighted by molar-refractivity contribution is -0.135. The number of sulfone groups is 1. The van der Waals surface area contributed by atoms with Crippen LogP contribution in [0.15, 0.2) is 0 Å². The smallest absolute Gasteiger partial charge is 0.224 e. The van der Waals surface area contributed by atoms with Crippen molar-refractivity contribution >= 4 is 15.7 Å². The van der Waals surface area contributed by atoms with Crippen molar-refractivity contribution in [3.8, 4) is 0 Å². The SMILES string of the molecule is CS(=O)(=O)C1CCCC1NCCC(=O)N1CCOCC1. The summed E-state index contributed by atoms with van der Waals surface area (Å²) in [5.74, 6) is 0.120. The maximum absolute atomic E-state index is 12.0. The van der Waals surface area contributed by atoms with E-state index in [0.717, 1.165) is 19.3 Å². The first-order valence-electron chi connectivity index (χ1n) is 7.26. The van der Waals surface area contributed by atoms with Crippen molar-refractivity contribution in [2.45, 2.75) is 37.0 Å². The van der Waals surface area contributed by atoms with Gasteiger partial charge in [0.25, 0.3) is 0 Å². The lowest BCUT2D eigenvalue weighted by Crippen LogP contribution is -2.44. The third-order valence-corrected chi connectivity index (χ3v) is 5.78. The van der Waals surface area contributed by atoms with Crippen molar-refractivity contribution in [1.29, 1.82) is 0 Å². The number of hydrogen-bond donors (Lipinski definition) is 1. The zero-order valence-corrected chi connectivity index (χ0v) is 12.8. The van der Waals surface area contributed by atoms with E-state index in [1.165, 1.54) is 6.26 Å². The van der Waals surface area contributed by atoms with Gasteiger partial charge in [-0.1, -0.05) is 6.42 Å². The highest BCUT2D eigenvalue weighted by atomic mass is 32.2. The van der Waals surface area contributed by atoms with Crippen molar-refractivity contribution in [1.82, 2.24) is 10.2 Å². The Morgan fingerprint density at radius 3 is 2.65 bits per heavy atom. The van der Waals surface area contributed by atoms with E-state index >= 15 is 0 Å². The fraction of sp³-hybridized carbons (Fsp3) is 0.923. The summed E-state index contributed by atoms with van der Waals surface area (Å²) >= 11 is 0. The number of hydrogen-bond acceptors (Lipinski definition) is 5. The van der Waals surface area contributed by atoms with Crippen molar-refractivity contribution < 1.29 is 17.9 Å². The Morgan fingerprint density at radius 2 is 2.00 bits per heavy atom. The number of morpholine rings is 1. The van der Waals surface area contributed by atoms with Gasteiger partial charge in [0.15, 0.2) is 9.84 Å². The molecular weight excluding hydrogens is 280 g/mol. The average Bonchev–Trinajstić information content (AvgIpc) is 2.88. The van der Waals surface area contributed by atoms with Crippen molar-refractivity contribution in [3.05, 3.63) is 0 Å². The first-order chi connectivity index (χ1) is 9.48. The van der Waals surface area contributed by atoms with Crippen molar-refractivity contribution in [2.75, 3.05) is 39.1 Å². The van der Waals surface area contributed by atoms with Crippen LogP contribution >= 0.6 is 0 Å². The van der Waals surface area contributed by atoms with E-state index in [2.05, 4.69) is 5.32 Å². The van der Waals surface area contributed by atoms with Gasteiger partial charge in [0, 0.05) is 38.4 Å².